The van der Waals surface area contributed by atoms with Crippen molar-refractivity contribution in [3.05, 3.63) is 59.3 Å². The smallest absolute Gasteiger partial charge is 0.137 e. The summed E-state index contributed by atoms with van der Waals surface area (Å²) >= 11 is 2.82. The fraction of sp³-hybridized carbons (Fsp3) is 0.273. The zero-order valence-corrected chi connectivity index (χ0v) is 17.9. The highest BCUT2D eigenvalue weighted by molar-refractivity contribution is 7.95. The van der Waals surface area contributed by atoms with E-state index in [2.05, 4.69) is 34.0 Å². The van der Waals surface area contributed by atoms with Gasteiger partial charge in [0.15, 0.2) is 0 Å². The van der Waals surface area contributed by atoms with Crippen molar-refractivity contribution in [3.63, 3.8) is 0 Å². The van der Waals surface area contributed by atoms with Gasteiger partial charge in [-0.15, -0.1) is 11.3 Å². The summed E-state index contributed by atoms with van der Waals surface area (Å²) in [7, 11) is 0. The number of nitrogens with one attached hydrogen (secondary N) is 1. The zero-order chi connectivity index (χ0) is 20.4. The van der Waals surface area contributed by atoms with E-state index in [1.54, 1.807) is 11.3 Å². The Morgan fingerprint density at radius 2 is 2.21 bits per heavy atom. The Kier molecular flexibility index (Phi) is 5.88. The predicted molar refractivity (Wildman–Crippen MR) is 119 cm³/mol. The van der Waals surface area contributed by atoms with Crippen LogP contribution in [0.2, 0.25) is 0 Å². The standard InChI is InChI=1S/C22H22N4OS2/c1-13(2)27-20-9-6-14(10-15(20)11-23)22-25-12-21(28-22)18-5-3-4-17-16(18)7-8-19(17)26-29-24/h3-6,9-10,12-13,19,26H,7-8,24H2,1-2H3. The largest absolute Gasteiger partial charge is 0.490 e. The van der Waals surface area contributed by atoms with Crippen LogP contribution in [-0.4, -0.2) is 11.1 Å². The third-order valence-corrected chi connectivity index (χ3v) is 6.46. The van der Waals surface area contributed by atoms with Gasteiger partial charge >= 0.3 is 0 Å². The van der Waals surface area contributed by atoms with Gasteiger partial charge in [0.25, 0.3) is 0 Å². The molecule has 1 aliphatic rings. The SMILES string of the molecule is CC(C)Oc1ccc(-c2ncc(-c3cccc4c3CCC4NSN)s2)cc1C#N. The lowest BCUT2D eigenvalue weighted by Crippen LogP contribution is -2.13. The summed E-state index contributed by atoms with van der Waals surface area (Å²) in [4.78, 5) is 5.78. The molecule has 1 unspecified atom stereocenters. The van der Waals surface area contributed by atoms with Crippen LogP contribution in [0.1, 0.15) is 43.0 Å². The van der Waals surface area contributed by atoms with Gasteiger partial charge in [0, 0.05) is 29.9 Å². The van der Waals surface area contributed by atoms with Crippen LogP contribution in [0.4, 0.5) is 0 Å². The van der Waals surface area contributed by atoms with E-state index in [0.717, 1.165) is 28.3 Å². The highest BCUT2D eigenvalue weighted by Gasteiger charge is 2.25. The van der Waals surface area contributed by atoms with Gasteiger partial charge in [-0.2, -0.15) is 5.26 Å². The lowest BCUT2D eigenvalue weighted by Gasteiger charge is -2.12. The van der Waals surface area contributed by atoms with Crippen LogP contribution in [0, 0.1) is 11.3 Å². The second-order valence-electron chi connectivity index (χ2n) is 7.22. The number of ether oxygens (including phenoxy) is 1. The van der Waals surface area contributed by atoms with Crippen molar-refractivity contribution in [2.75, 3.05) is 0 Å². The number of nitriles is 1. The molecule has 1 aromatic heterocycles. The lowest BCUT2D eigenvalue weighted by molar-refractivity contribution is 0.242. The molecule has 1 heterocycles. The minimum Gasteiger partial charge on any atom is -0.490 e. The van der Waals surface area contributed by atoms with Crippen molar-refractivity contribution in [2.24, 2.45) is 5.14 Å². The van der Waals surface area contributed by atoms with E-state index in [4.69, 9.17) is 9.88 Å². The first-order valence-corrected chi connectivity index (χ1v) is 11.2. The Hall–Kier alpha value is -2.37. The molecule has 1 aliphatic carbocycles. The normalized spacial score (nSPS) is 15.3. The number of aromatic nitrogens is 1. The summed E-state index contributed by atoms with van der Waals surface area (Å²) in [5.41, 5.74) is 5.38. The van der Waals surface area contributed by atoms with Crippen molar-refractivity contribution in [3.8, 4) is 32.8 Å². The molecule has 148 valence electrons. The van der Waals surface area contributed by atoms with Gasteiger partial charge in [0.05, 0.1) is 16.5 Å². The van der Waals surface area contributed by atoms with Crippen LogP contribution < -0.4 is 14.6 Å². The van der Waals surface area contributed by atoms with Crippen LogP contribution in [0.5, 0.6) is 5.75 Å². The van der Waals surface area contributed by atoms with Crippen molar-refractivity contribution in [1.29, 1.82) is 5.26 Å². The van der Waals surface area contributed by atoms with Crippen LogP contribution in [0.15, 0.2) is 42.6 Å². The van der Waals surface area contributed by atoms with E-state index in [9.17, 15) is 5.26 Å². The number of fused-ring (bicyclic) bond motifs is 1. The van der Waals surface area contributed by atoms with Crippen LogP contribution in [0.3, 0.4) is 0 Å². The van der Waals surface area contributed by atoms with Crippen LogP contribution >= 0.6 is 23.5 Å². The molecule has 3 aromatic rings. The summed E-state index contributed by atoms with van der Waals surface area (Å²) in [5.74, 6) is 0.611. The molecular weight excluding hydrogens is 400 g/mol. The summed E-state index contributed by atoms with van der Waals surface area (Å²) in [6.45, 7) is 3.90. The Morgan fingerprint density at radius 1 is 1.34 bits per heavy atom. The van der Waals surface area contributed by atoms with Gasteiger partial charge in [0.1, 0.15) is 16.8 Å². The fourth-order valence-corrected chi connectivity index (χ4v) is 5.10. The zero-order valence-electron chi connectivity index (χ0n) is 16.3. The number of rotatable bonds is 6. The number of hydrogen-bond acceptors (Lipinski definition) is 7. The molecule has 0 saturated heterocycles. The van der Waals surface area contributed by atoms with Crippen molar-refractivity contribution >= 4 is 23.5 Å². The highest BCUT2D eigenvalue weighted by atomic mass is 32.2. The van der Waals surface area contributed by atoms with Gasteiger partial charge in [-0.3, -0.25) is 5.14 Å². The molecule has 0 spiro atoms. The molecular formula is C22H22N4OS2. The first-order valence-electron chi connectivity index (χ1n) is 9.51. The Morgan fingerprint density at radius 3 is 2.97 bits per heavy atom. The molecule has 4 rings (SSSR count). The second kappa shape index (κ2) is 8.56. The van der Waals surface area contributed by atoms with Gasteiger partial charge in [-0.1, -0.05) is 18.2 Å². The summed E-state index contributed by atoms with van der Waals surface area (Å²) < 4.78 is 9.01. The van der Waals surface area contributed by atoms with Crippen molar-refractivity contribution in [1.82, 2.24) is 9.71 Å². The summed E-state index contributed by atoms with van der Waals surface area (Å²) in [5, 5.41) is 16.0. The molecule has 7 heteroatoms. The molecule has 0 aliphatic heterocycles. The molecule has 0 radical (unpaired) electrons. The van der Waals surface area contributed by atoms with E-state index in [0.29, 0.717) is 17.4 Å². The van der Waals surface area contributed by atoms with Crippen molar-refractivity contribution in [2.45, 2.75) is 38.8 Å². The van der Waals surface area contributed by atoms with Crippen LogP contribution in [0.25, 0.3) is 21.0 Å². The molecule has 2 aromatic carbocycles. The molecule has 3 N–H and O–H groups in total. The Bertz CT molecular complexity index is 1070. The Labute approximate surface area is 179 Å². The van der Waals surface area contributed by atoms with E-state index >= 15 is 0 Å². The first-order chi connectivity index (χ1) is 14.1. The molecule has 5 nitrogen and oxygen atoms in total. The van der Waals surface area contributed by atoms with E-state index in [1.807, 2.05) is 38.2 Å². The highest BCUT2D eigenvalue weighted by Crippen LogP contribution is 2.41. The molecule has 0 amide bonds. The third-order valence-electron chi connectivity index (χ3n) is 4.96. The van der Waals surface area contributed by atoms with E-state index in [-0.39, 0.29) is 6.10 Å². The fourth-order valence-electron chi connectivity index (χ4n) is 3.73. The minimum absolute atomic E-state index is 0.0237. The quantitative estimate of drug-likeness (QED) is 0.529. The maximum atomic E-state index is 9.50. The molecule has 1 atom stereocenters. The van der Waals surface area contributed by atoms with Crippen LogP contribution in [-0.2, 0) is 6.42 Å². The Balaban J connectivity index is 1.66. The maximum Gasteiger partial charge on any atom is 0.137 e. The molecule has 0 fully saturated rings. The lowest BCUT2D eigenvalue weighted by atomic mass is 10.0. The number of nitrogens with two attached hydrogens (primary N) is 1. The van der Waals surface area contributed by atoms with Gasteiger partial charge < -0.3 is 4.74 Å². The molecule has 0 saturated carbocycles. The topological polar surface area (TPSA) is 84.0 Å². The van der Waals surface area contributed by atoms with Gasteiger partial charge in [-0.05, 0) is 61.6 Å². The number of hydrogen-bond donors (Lipinski definition) is 2. The summed E-state index contributed by atoms with van der Waals surface area (Å²) in [6.07, 6.45) is 4.02. The third kappa shape index (κ3) is 4.02. The maximum absolute atomic E-state index is 9.50. The van der Waals surface area contributed by atoms with E-state index < -0.39 is 0 Å². The minimum atomic E-state index is 0.0237. The number of nitrogens with zero attached hydrogens (tertiary/aromatic N) is 2. The molecule has 0 bridgehead atoms. The monoisotopic (exact) mass is 422 g/mol. The first kappa shape index (κ1) is 19.9. The summed E-state index contributed by atoms with van der Waals surface area (Å²) in [6, 6.07) is 14.6. The second-order valence-corrected chi connectivity index (χ2v) is 8.72. The molecule has 29 heavy (non-hydrogen) atoms. The van der Waals surface area contributed by atoms with Crippen molar-refractivity contribution < 1.29 is 4.74 Å². The average molecular weight is 423 g/mol. The van der Waals surface area contributed by atoms with Gasteiger partial charge in [-0.25, -0.2) is 9.71 Å². The average Bonchev–Trinajstić information content (AvgIpc) is 3.36. The number of thiazole rings is 1. The van der Waals surface area contributed by atoms with E-state index in [1.165, 1.54) is 28.8 Å². The predicted octanol–water partition coefficient (Wildman–Crippen LogP) is 5.23. The number of benzene rings is 2. The van der Waals surface area contributed by atoms with Gasteiger partial charge in [0.2, 0.25) is 0 Å².